The van der Waals surface area contributed by atoms with Crippen LogP contribution in [0.2, 0.25) is 0 Å². The number of allylic oxidation sites excluding steroid dienone is 3. The lowest BCUT2D eigenvalue weighted by atomic mass is 10.2. The third kappa shape index (κ3) is 10.9. The number of ether oxygens (including phenoxy) is 1. The normalized spacial score (nSPS) is 11.3. The first kappa shape index (κ1) is 13.9. The Bertz CT molecular complexity index is 205. The van der Waals surface area contributed by atoms with E-state index in [9.17, 15) is 4.79 Å². The molecule has 0 aliphatic carbocycles. The summed E-state index contributed by atoms with van der Waals surface area (Å²) in [6.45, 7) is 4.67. The summed E-state index contributed by atoms with van der Waals surface area (Å²) in [5.41, 5.74) is 0. The lowest BCUT2D eigenvalue weighted by Gasteiger charge is -1.95. The quantitative estimate of drug-likeness (QED) is 0.265. The molecule has 86 valence electrons. The molecular formula is C13H22O2. The highest BCUT2D eigenvalue weighted by Gasteiger charge is 1.91. The maximum Gasteiger partial charge on any atom is 0.330 e. The minimum absolute atomic E-state index is 0.255. The summed E-state index contributed by atoms with van der Waals surface area (Å²) in [4.78, 5) is 11.0. The molecular weight excluding hydrogens is 188 g/mol. The second-order valence-electron chi connectivity index (χ2n) is 3.45. The highest BCUT2D eigenvalue weighted by Crippen LogP contribution is 1.99. The van der Waals surface area contributed by atoms with Crippen molar-refractivity contribution in [1.29, 1.82) is 0 Å². The van der Waals surface area contributed by atoms with E-state index in [4.69, 9.17) is 4.74 Å². The van der Waals surface area contributed by atoms with Crippen molar-refractivity contribution in [3.05, 3.63) is 24.3 Å². The lowest BCUT2D eigenvalue weighted by Crippen LogP contribution is -2.00. The number of rotatable bonds is 8. The molecule has 0 aromatic carbocycles. The van der Waals surface area contributed by atoms with Crippen LogP contribution in [-0.4, -0.2) is 12.6 Å². The van der Waals surface area contributed by atoms with Crippen molar-refractivity contribution in [2.24, 2.45) is 0 Å². The van der Waals surface area contributed by atoms with Gasteiger partial charge in [0, 0.05) is 6.08 Å². The van der Waals surface area contributed by atoms with Crippen LogP contribution in [0.3, 0.4) is 0 Å². The van der Waals surface area contributed by atoms with Gasteiger partial charge in [0.1, 0.15) is 0 Å². The van der Waals surface area contributed by atoms with Crippen molar-refractivity contribution < 1.29 is 9.53 Å². The fraction of sp³-hybridized carbons (Fsp3) is 0.615. The van der Waals surface area contributed by atoms with Gasteiger partial charge in [0.15, 0.2) is 0 Å². The molecule has 15 heavy (non-hydrogen) atoms. The third-order valence-electron chi connectivity index (χ3n) is 1.90. The Morgan fingerprint density at radius 2 is 1.93 bits per heavy atom. The molecule has 0 aliphatic rings. The number of hydrogen-bond donors (Lipinski definition) is 0. The molecule has 0 unspecified atom stereocenters. The van der Waals surface area contributed by atoms with Gasteiger partial charge in [-0.2, -0.15) is 0 Å². The highest BCUT2D eigenvalue weighted by atomic mass is 16.5. The SMILES string of the molecule is CCCCC/C=C/C=C/C(=O)OCCC. The van der Waals surface area contributed by atoms with Crippen LogP contribution in [0.15, 0.2) is 24.3 Å². The molecule has 0 aromatic rings. The summed E-state index contributed by atoms with van der Waals surface area (Å²) in [6, 6.07) is 0. The van der Waals surface area contributed by atoms with Gasteiger partial charge >= 0.3 is 5.97 Å². The Morgan fingerprint density at radius 3 is 2.60 bits per heavy atom. The van der Waals surface area contributed by atoms with Gasteiger partial charge in [-0.3, -0.25) is 0 Å². The van der Waals surface area contributed by atoms with E-state index in [1.165, 1.54) is 25.3 Å². The van der Waals surface area contributed by atoms with E-state index < -0.39 is 0 Å². The molecule has 2 heteroatoms. The van der Waals surface area contributed by atoms with Gasteiger partial charge in [-0.05, 0) is 19.3 Å². The van der Waals surface area contributed by atoms with Gasteiger partial charge in [-0.1, -0.05) is 44.9 Å². The van der Waals surface area contributed by atoms with E-state index in [0.717, 1.165) is 12.8 Å². The van der Waals surface area contributed by atoms with Crippen LogP contribution in [0.25, 0.3) is 0 Å². The Balaban J connectivity index is 3.46. The Labute approximate surface area is 93.0 Å². The topological polar surface area (TPSA) is 26.3 Å². The van der Waals surface area contributed by atoms with Crippen LogP contribution in [0, 0.1) is 0 Å². The molecule has 0 saturated heterocycles. The molecule has 0 bridgehead atoms. The van der Waals surface area contributed by atoms with E-state index in [-0.39, 0.29) is 5.97 Å². The van der Waals surface area contributed by atoms with Crippen molar-refractivity contribution >= 4 is 5.97 Å². The van der Waals surface area contributed by atoms with Gasteiger partial charge in [0.25, 0.3) is 0 Å². The van der Waals surface area contributed by atoms with Crippen LogP contribution in [0.5, 0.6) is 0 Å². The summed E-state index contributed by atoms with van der Waals surface area (Å²) >= 11 is 0. The van der Waals surface area contributed by atoms with Crippen molar-refractivity contribution in [1.82, 2.24) is 0 Å². The van der Waals surface area contributed by atoms with Crippen LogP contribution >= 0.6 is 0 Å². The Hall–Kier alpha value is -1.05. The second-order valence-corrected chi connectivity index (χ2v) is 3.45. The average molecular weight is 210 g/mol. The molecule has 0 fully saturated rings. The summed E-state index contributed by atoms with van der Waals surface area (Å²) in [5, 5.41) is 0. The van der Waals surface area contributed by atoms with Crippen molar-refractivity contribution in [3.63, 3.8) is 0 Å². The second kappa shape index (κ2) is 11.0. The highest BCUT2D eigenvalue weighted by molar-refractivity contribution is 5.82. The first-order valence-corrected chi connectivity index (χ1v) is 5.81. The molecule has 0 heterocycles. The molecule has 0 atom stereocenters. The van der Waals surface area contributed by atoms with E-state index in [1.807, 2.05) is 13.0 Å². The number of carbonyl (C=O) groups excluding carboxylic acids is 1. The minimum Gasteiger partial charge on any atom is -0.463 e. The monoisotopic (exact) mass is 210 g/mol. The maximum atomic E-state index is 11.0. The molecule has 0 spiro atoms. The van der Waals surface area contributed by atoms with Gasteiger partial charge < -0.3 is 4.74 Å². The zero-order valence-corrected chi connectivity index (χ0v) is 9.87. The van der Waals surface area contributed by atoms with Crippen molar-refractivity contribution in [2.45, 2.75) is 46.0 Å². The molecule has 0 amide bonds. The Kier molecular flexibility index (Phi) is 10.3. The Morgan fingerprint density at radius 1 is 1.13 bits per heavy atom. The van der Waals surface area contributed by atoms with Gasteiger partial charge in [-0.25, -0.2) is 4.79 Å². The van der Waals surface area contributed by atoms with Gasteiger partial charge in [0.2, 0.25) is 0 Å². The number of unbranched alkanes of at least 4 members (excludes halogenated alkanes) is 3. The van der Waals surface area contributed by atoms with E-state index in [1.54, 1.807) is 6.08 Å². The third-order valence-corrected chi connectivity index (χ3v) is 1.90. The van der Waals surface area contributed by atoms with E-state index in [2.05, 4.69) is 13.0 Å². The zero-order chi connectivity index (χ0) is 11.4. The summed E-state index contributed by atoms with van der Waals surface area (Å²) in [6.07, 6.45) is 12.9. The number of hydrogen-bond acceptors (Lipinski definition) is 2. The first-order chi connectivity index (χ1) is 7.31. The van der Waals surface area contributed by atoms with Gasteiger partial charge in [-0.15, -0.1) is 0 Å². The maximum absolute atomic E-state index is 11.0. The molecule has 0 rings (SSSR count). The summed E-state index contributed by atoms with van der Waals surface area (Å²) in [7, 11) is 0. The number of carbonyl (C=O) groups is 1. The van der Waals surface area contributed by atoms with Gasteiger partial charge in [0.05, 0.1) is 6.61 Å². The van der Waals surface area contributed by atoms with E-state index >= 15 is 0 Å². The summed E-state index contributed by atoms with van der Waals surface area (Å²) < 4.78 is 4.88. The fourth-order valence-electron chi connectivity index (χ4n) is 1.07. The fourth-order valence-corrected chi connectivity index (χ4v) is 1.07. The van der Waals surface area contributed by atoms with E-state index in [0.29, 0.717) is 6.61 Å². The number of esters is 1. The first-order valence-electron chi connectivity index (χ1n) is 5.81. The molecule has 0 radical (unpaired) electrons. The average Bonchev–Trinajstić information content (AvgIpc) is 2.25. The molecule has 0 aliphatic heterocycles. The van der Waals surface area contributed by atoms with Crippen LogP contribution in [0.1, 0.15) is 46.0 Å². The summed E-state index contributed by atoms with van der Waals surface area (Å²) in [5.74, 6) is -0.255. The largest absolute Gasteiger partial charge is 0.463 e. The van der Waals surface area contributed by atoms with Crippen molar-refractivity contribution in [3.8, 4) is 0 Å². The molecule has 2 nitrogen and oxygen atoms in total. The van der Waals surface area contributed by atoms with Crippen LogP contribution in [0.4, 0.5) is 0 Å². The lowest BCUT2D eigenvalue weighted by molar-refractivity contribution is -0.137. The molecule has 0 N–H and O–H groups in total. The zero-order valence-electron chi connectivity index (χ0n) is 9.87. The minimum atomic E-state index is -0.255. The van der Waals surface area contributed by atoms with Crippen molar-refractivity contribution in [2.75, 3.05) is 6.61 Å². The van der Waals surface area contributed by atoms with Crippen LogP contribution < -0.4 is 0 Å². The molecule has 0 aromatic heterocycles. The smallest absolute Gasteiger partial charge is 0.330 e. The van der Waals surface area contributed by atoms with Crippen LogP contribution in [-0.2, 0) is 9.53 Å². The predicted octanol–water partition coefficient (Wildman–Crippen LogP) is 3.63. The molecule has 0 saturated carbocycles. The standard InChI is InChI=1S/C13H22O2/c1-3-5-6-7-8-9-10-11-13(14)15-12-4-2/h8-11H,3-7,12H2,1-2H3/b9-8+,11-10+. The predicted molar refractivity (Wildman–Crippen MR) is 63.7 cm³/mol.